The predicted octanol–water partition coefficient (Wildman–Crippen LogP) is 1.61. The van der Waals surface area contributed by atoms with Crippen molar-refractivity contribution < 1.29 is 4.74 Å². The molecular formula is C10H13ClN2O. The SMILES string of the molecule is Clc1cccc(CNC2CCOC2)n1. The molecule has 3 nitrogen and oxygen atoms in total. The highest BCUT2D eigenvalue weighted by atomic mass is 35.5. The summed E-state index contributed by atoms with van der Waals surface area (Å²) in [5.41, 5.74) is 0.976. The lowest BCUT2D eigenvalue weighted by molar-refractivity contribution is 0.189. The third kappa shape index (κ3) is 2.67. The zero-order chi connectivity index (χ0) is 9.80. The van der Waals surface area contributed by atoms with Crippen molar-refractivity contribution in [2.45, 2.75) is 19.0 Å². The molecule has 1 fully saturated rings. The van der Waals surface area contributed by atoms with Gasteiger partial charge < -0.3 is 10.1 Å². The van der Waals surface area contributed by atoms with Crippen molar-refractivity contribution in [3.8, 4) is 0 Å². The van der Waals surface area contributed by atoms with Crippen LogP contribution < -0.4 is 5.32 Å². The van der Waals surface area contributed by atoms with E-state index < -0.39 is 0 Å². The first-order chi connectivity index (χ1) is 6.84. The van der Waals surface area contributed by atoms with E-state index in [0.717, 1.165) is 31.9 Å². The van der Waals surface area contributed by atoms with Gasteiger partial charge in [-0.1, -0.05) is 17.7 Å². The molecule has 1 unspecified atom stereocenters. The van der Waals surface area contributed by atoms with Gasteiger partial charge in [0, 0.05) is 19.2 Å². The van der Waals surface area contributed by atoms with E-state index >= 15 is 0 Å². The van der Waals surface area contributed by atoms with Crippen LogP contribution in [0.2, 0.25) is 5.15 Å². The topological polar surface area (TPSA) is 34.1 Å². The second kappa shape index (κ2) is 4.73. The predicted molar refractivity (Wildman–Crippen MR) is 55.3 cm³/mol. The fourth-order valence-electron chi connectivity index (χ4n) is 1.49. The average molecular weight is 213 g/mol. The van der Waals surface area contributed by atoms with E-state index in [-0.39, 0.29) is 0 Å². The monoisotopic (exact) mass is 212 g/mol. The van der Waals surface area contributed by atoms with Gasteiger partial charge in [-0.15, -0.1) is 0 Å². The lowest BCUT2D eigenvalue weighted by Gasteiger charge is -2.09. The number of aromatic nitrogens is 1. The highest BCUT2D eigenvalue weighted by Crippen LogP contribution is 2.07. The van der Waals surface area contributed by atoms with Crippen molar-refractivity contribution in [2.75, 3.05) is 13.2 Å². The molecule has 1 saturated heterocycles. The summed E-state index contributed by atoms with van der Waals surface area (Å²) in [6, 6.07) is 6.13. The fraction of sp³-hybridized carbons (Fsp3) is 0.500. The van der Waals surface area contributed by atoms with Crippen LogP contribution in [0, 0.1) is 0 Å². The normalized spacial score (nSPS) is 21.4. The van der Waals surface area contributed by atoms with Gasteiger partial charge in [0.1, 0.15) is 5.15 Å². The Kier molecular flexibility index (Phi) is 3.35. The molecule has 0 spiro atoms. The molecule has 1 N–H and O–H groups in total. The zero-order valence-electron chi connectivity index (χ0n) is 7.87. The van der Waals surface area contributed by atoms with Gasteiger partial charge in [-0.2, -0.15) is 0 Å². The van der Waals surface area contributed by atoms with Crippen molar-refractivity contribution >= 4 is 11.6 Å². The Balaban J connectivity index is 1.85. The maximum atomic E-state index is 5.78. The van der Waals surface area contributed by atoms with Crippen LogP contribution in [0.1, 0.15) is 12.1 Å². The first kappa shape index (κ1) is 9.90. The Labute approximate surface area is 88.4 Å². The summed E-state index contributed by atoms with van der Waals surface area (Å²) >= 11 is 5.78. The lowest BCUT2D eigenvalue weighted by atomic mass is 10.2. The molecular weight excluding hydrogens is 200 g/mol. The van der Waals surface area contributed by atoms with Crippen LogP contribution in [0.3, 0.4) is 0 Å². The molecule has 1 aromatic heterocycles. The Morgan fingerprint density at radius 1 is 1.57 bits per heavy atom. The van der Waals surface area contributed by atoms with Gasteiger partial charge in [0.25, 0.3) is 0 Å². The number of hydrogen-bond donors (Lipinski definition) is 1. The molecule has 14 heavy (non-hydrogen) atoms. The minimum atomic E-state index is 0.468. The first-order valence-corrected chi connectivity index (χ1v) is 5.15. The van der Waals surface area contributed by atoms with E-state index in [0.29, 0.717) is 11.2 Å². The number of nitrogens with zero attached hydrogens (tertiary/aromatic N) is 1. The van der Waals surface area contributed by atoms with Gasteiger partial charge in [0.15, 0.2) is 0 Å². The molecule has 1 aliphatic rings. The fourth-order valence-corrected chi connectivity index (χ4v) is 1.67. The summed E-state index contributed by atoms with van der Waals surface area (Å²) in [5, 5.41) is 3.93. The summed E-state index contributed by atoms with van der Waals surface area (Å²) < 4.78 is 5.26. The Bertz CT molecular complexity index is 300. The first-order valence-electron chi connectivity index (χ1n) is 4.77. The molecule has 0 bridgehead atoms. The maximum Gasteiger partial charge on any atom is 0.129 e. The Morgan fingerprint density at radius 2 is 2.50 bits per heavy atom. The quantitative estimate of drug-likeness (QED) is 0.774. The van der Waals surface area contributed by atoms with E-state index in [2.05, 4.69) is 10.3 Å². The van der Waals surface area contributed by atoms with Crippen LogP contribution in [0.4, 0.5) is 0 Å². The van der Waals surface area contributed by atoms with E-state index in [9.17, 15) is 0 Å². The van der Waals surface area contributed by atoms with Crippen molar-refractivity contribution in [2.24, 2.45) is 0 Å². The molecule has 2 heterocycles. The van der Waals surface area contributed by atoms with Crippen LogP contribution in [-0.2, 0) is 11.3 Å². The van der Waals surface area contributed by atoms with Gasteiger partial charge in [-0.05, 0) is 18.6 Å². The number of halogens is 1. The molecule has 2 rings (SSSR count). The van der Waals surface area contributed by atoms with Gasteiger partial charge in [-0.3, -0.25) is 0 Å². The number of rotatable bonds is 3. The molecule has 4 heteroatoms. The molecule has 0 aromatic carbocycles. The van der Waals surface area contributed by atoms with Crippen LogP contribution in [-0.4, -0.2) is 24.2 Å². The van der Waals surface area contributed by atoms with Crippen molar-refractivity contribution in [3.63, 3.8) is 0 Å². The van der Waals surface area contributed by atoms with Gasteiger partial charge in [0.2, 0.25) is 0 Å². The molecule has 1 atom stereocenters. The molecule has 76 valence electrons. The lowest BCUT2D eigenvalue weighted by Crippen LogP contribution is -2.28. The molecule has 0 saturated carbocycles. The Morgan fingerprint density at radius 3 is 3.21 bits per heavy atom. The third-order valence-electron chi connectivity index (χ3n) is 2.27. The van der Waals surface area contributed by atoms with Crippen LogP contribution in [0.15, 0.2) is 18.2 Å². The summed E-state index contributed by atoms with van der Waals surface area (Å²) in [5.74, 6) is 0. The van der Waals surface area contributed by atoms with Crippen LogP contribution in [0.5, 0.6) is 0 Å². The van der Waals surface area contributed by atoms with Crippen LogP contribution >= 0.6 is 11.6 Å². The number of ether oxygens (including phenoxy) is 1. The summed E-state index contributed by atoms with van der Waals surface area (Å²) in [6.45, 7) is 2.43. The third-order valence-corrected chi connectivity index (χ3v) is 2.48. The summed E-state index contributed by atoms with van der Waals surface area (Å²) in [4.78, 5) is 4.20. The maximum absolute atomic E-state index is 5.78. The zero-order valence-corrected chi connectivity index (χ0v) is 8.63. The van der Waals surface area contributed by atoms with Gasteiger partial charge in [0.05, 0.1) is 12.3 Å². The van der Waals surface area contributed by atoms with Crippen molar-refractivity contribution in [3.05, 3.63) is 29.0 Å². The molecule has 1 aromatic rings. The highest BCUT2D eigenvalue weighted by molar-refractivity contribution is 6.29. The van der Waals surface area contributed by atoms with Crippen molar-refractivity contribution in [1.29, 1.82) is 0 Å². The van der Waals surface area contributed by atoms with E-state index in [1.165, 1.54) is 0 Å². The van der Waals surface area contributed by atoms with Gasteiger partial charge in [-0.25, -0.2) is 4.98 Å². The second-order valence-corrected chi connectivity index (χ2v) is 3.78. The average Bonchev–Trinajstić information content (AvgIpc) is 2.67. The van der Waals surface area contributed by atoms with E-state index in [1.54, 1.807) is 6.07 Å². The summed E-state index contributed by atoms with van der Waals surface area (Å²) in [7, 11) is 0. The second-order valence-electron chi connectivity index (χ2n) is 3.39. The number of hydrogen-bond acceptors (Lipinski definition) is 3. The number of nitrogens with one attached hydrogen (secondary N) is 1. The van der Waals surface area contributed by atoms with E-state index in [4.69, 9.17) is 16.3 Å². The van der Waals surface area contributed by atoms with Crippen LogP contribution in [0.25, 0.3) is 0 Å². The molecule has 0 amide bonds. The smallest absolute Gasteiger partial charge is 0.129 e. The number of pyridine rings is 1. The summed E-state index contributed by atoms with van der Waals surface area (Å²) in [6.07, 6.45) is 1.08. The minimum Gasteiger partial charge on any atom is -0.380 e. The molecule has 1 aliphatic heterocycles. The van der Waals surface area contributed by atoms with Gasteiger partial charge >= 0.3 is 0 Å². The largest absolute Gasteiger partial charge is 0.380 e. The van der Waals surface area contributed by atoms with Crippen molar-refractivity contribution in [1.82, 2.24) is 10.3 Å². The standard InChI is InChI=1S/C10H13ClN2O/c11-10-3-1-2-8(13-10)6-12-9-4-5-14-7-9/h1-3,9,12H,4-7H2. The molecule has 0 aliphatic carbocycles. The Hall–Kier alpha value is -0.640. The molecule has 0 radical (unpaired) electrons. The van der Waals surface area contributed by atoms with E-state index in [1.807, 2.05) is 12.1 Å². The highest BCUT2D eigenvalue weighted by Gasteiger charge is 2.14. The minimum absolute atomic E-state index is 0.468.